The monoisotopic (exact) mass is 341 g/mol. The second-order valence-corrected chi connectivity index (χ2v) is 6.70. The highest BCUT2D eigenvalue weighted by Gasteiger charge is 2.27. The molecule has 2 unspecified atom stereocenters. The Kier molecular flexibility index (Phi) is 4.94. The molecule has 24 heavy (non-hydrogen) atoms. The molecule has 1 amide bonds. The second-order valence-electron chi connectivity index (χ2n) is 5.97. The maximum absolute atomic E-state index is 11.7. The average Bonchev–Trinajstić information content (AvgIpc) is 2.93. The Morgan fingerprint density at radius 1 is 1.42 bits per heavy atom. The van der Waals surface area contributed by atoms with Gasteiger partial charge in [0.1, 0.15) is 23.1 Å². The number of nitrogens with one attached hydrogen (secondary N) is 1. The third-order valence-electron chi connectivity index (χ3n) is 4.14. The van der Waals surface area contributed by atoms with Gasteiger partial charge in [0.25, 0.3) is 0 Å². The molecule has 0 aliphatic carbocycles. The topological polar surface area (TPSA) is 74.0 Å². The van der Waals surface area contributed by atoms with E-state index in [-0.39, 0.29) is 11.9 Å². The number of piperidine rings is 1. The minimum absolute atomic E-state index is 0.127. The summed E-state index contributed by atoms with van der Waals surface area (Å²) < 4.78 is 3.99. The molecule has 0 saturated carbocycles. The Hall–Kier alpha value is -2.22. The molecule has 6 nitrogen and oxygen atoms in total. The van der Waals surface area contributed by atoms with Crippen LogP contribution in [0.3, 0.4) is 0 Å². The van der Waals surface area contributed by atoms with Crippen molar-refractivity contribution in [1.82, 2.24) is 14.5 Å². The molecule has 7 heteroatoms. The lowest BCUT2D eigenvalue weighted by atomic mass is 10.1. The molecule has 0 spiro atoms. The van der Waals surface area contributed by atoms with E-state index in [0.717, 1.165) is 31.5 Å². The Morgan fingerprint density at radius 3 is 2.79 bits per heavy atom. The Balaban J connectivity index is 2.11. The Labute approximate surface area is 143 Å². The number of carbonyl (C=O) groups excluding carboxylic acids is 1. The van der Waals surface area contributed by atoms with Crippen LogP contribution in [0.15, 0.2) is 30.3 Å². The van der Waals surface area contributed by atoms with Crippen LogP contribution in [0.4, 0.5) is 5.82 Å². The number of aromatic nitrogens is 2. The molecule has 1 aromatic carbocycles. The zero-order valence-corrected chi connectivity index (χ0v) is 14.7. The van der Waals surface area contributed by atoms with Gasteiger partial charge >= 0.3 is 0 Å². The molecule has 2 atom stereocenters. The van der Waals surface area contributed by atoms with Gasteiger partial charge in [0.15, 0.2) is 0 Å². The van der Waals surface area contributed by atoms with Crippen LogP contribution >= 0.6 is 9.39 Å². The first-order valence-corrected chi connectivity index (χ1v) is 8.47. The van der Waals surface area contributed by atoms with Gasteiger partial charge < -0.3 is 5.32 Å². The highest BCUT2D eigenvalue weighted by Crippen LogP contribution is 2.33. The van der Waals surface area contributed by atoms with E-state index in [1.165, 1.54) is 6.92 Å². The minimum atomic E-state index is -0.203. The SMILES string of the molecule is CC(=O)Nc1c(C#N)c(-c2ccccc2)nn1C1CCCN(P)C1. The number of rotatable bonds is 3. The van der Waals surface area contributed by atoms with Crippen LogP contribution in [0, 0.1) is 11.3 Å². The van der Waals surface area contributed by atoms with Crippen molar-refractivity contribution in [3.63, 3.8) is 0 Å². The first-order chi connectivity index (χ1) is 11.6. The van der Waals surface area contributed by atoms with Crippen molar-refractivity contribution >= 4 is 21.1 Å². The summed E-state index contributed by atoms with van der Waals surface area (Å²) in [6, 6.07) is 12.0. The fourth-order valence-electron chi connectivity index (χ4n) is 3.07. The lowest BCUT2D eigenvalue weighted by Crippen LogP contribution is -2.31. The maximum Gasteiger partial charge on any atom is 0.222 e. The number of hydrogen-bond acceptors (Lipinski definition) is 4. The molecule has 1 saturated heterocycles. The van der Waals surface area contributed by atoms with E-state index in [1.54, 1.807) is 0 Å². The molecular formula is C17H20N5OP. The quantitative estimate of drug-likeness (QED) is 0.871. The van der Waals surface area contributed by atoms with Crippen molar-refractivity contribution in [3.8, 4) is 17.3 Å². The second kappa shape index (κ2) is 7.12. The van der Waals surface area contributed by atoms with Crippen molar-refractivity contribution in [1.29, 1.82) is 5.26 Å². The summed E-state index contributed by atoms with van der Waals surface area (Å²) in [5.74, 6) is 0.292. The van der Waals surface area contributed by atoms with Crippen molar-refractivity contribution in [2.24, 2.45) is 0 Å². The van der Waals surface area contributed by atoms with Crippen molar-refractivity contribution in [2.45, 2.75) is 25.8 Å². The van der Waals surface area contributed by atoms with E-state index in [1.807, 2.05) is 35.0 Å². The highest BCUT2D eigenvalue weighted by atomic mass is 31.0. The summed E-state index contributed by atoms with van der Waals surface area (Å²) in [5, 5.41) is 17.2. The summed E-state index contributed by atoms with van der Waals surface area (Å²) in [6.07, 6.45) is 2.02. The van der Waals surface area contributed by atoms with Gasteiger partial charge in [-0.15, -0.1) is 0 Å². The molecule has 1 aliphatic rings. The molecular weight excluding hydrogens is 321 g/mol. The first-order valence-electron chi connectivity index (χ1n) is 7.95. The van der Waals surface area contributed by atoms with Crippen molar-refractivity contribution in [3.05, 3.63) is 35.9 Å². The van der Waals surface area contributed by atoms with Gasteiger partial charge in [0.05, 0.1) is 6.04 Å². The van der Waals surface area contributed by atoms with Gasteiger partial charge in [-0.2, -0.15) is 10.4 Å². The van der Waals surface area contributed by atoms with Crippen LogP contribution in [-0.2, 0) is 4.79 Å². The zero-order chi connectivity index (χ0) is 17.1. The Morgan fingerprint density at radius 2 is 2.17 bits per heavy atom. The summed E-state index contributed by atoms with van der Waals surface area (Å²) in [7, 11) is 2.72. The molecule has 124 valence electrons. The fraction of sp³-hybridized carbons (Fsp3) is 0.353. The number of benzene rings is 1. The summed E-state index contributed by atoms with van der Waals surface area (Å²) in [5.41, 5.74) is 1.90. The van der Waals surface area contributed by atoms with Crippen LogP contribution < -0.4 is 5.32 Å². The van der Waals surface area contributed by atoms with E-state index in [4.69, 9.17) is 5.10 Å². The van der Waals surface area contributed by atoms with Gasteiger partial charge in [0.2, 0.25) is 5.91 Å². The van der Waals surface area contributed by atoms with E-state index >= 15 is 0 Å². The highest BCUT2D eigenvalue weighted by molar-refractivity contribution is 7.13. The van der Waals surface area contributed by atoms with Gasteiger partial charge in [-0.3, -0.25) is 9.46 Å². The van der Waals surface area contributed by atoms with E-state index < -0.39 is 0 Å². The zero-order valence-electron chi connectivity index (χ0n) is 13.6. The summed E-state index contributed by atoms with van der Waals surface area (Å²) in [4.78, 5) is 11.7. The molecule has 0 radical (unpaired) electrons. The first kappa shape index (κ1) is 16.6. The predicted octanol–water partition coefficient (Wildman–Crippen LogP) is 2.81. The molecule has 1 fully saturated rings. The summed E-state index contributed by atoms with van der Waals surface area (Å²) in [6.45, 7) is 3.29. The number of carbonyl (C=O) groups is 1. The largest absolute Gasteiger partial charge is 0.310 e. The minimum Gasteiger partial charge on any atom is -0.310 e. The lowest BCUT2D eigenvalue weighted by molar-refractivity contribution is -0.114. The smallest absolute Gasteiger partial charge is 0.222 e. The molecule has 1 aromatic heterocycles. The standard InChI is InChI=1S/C17H20N5OP/c1-12(23)19-17-15(10-18)16(13-6-3-2-4-7-13)20-22(17)14-8-5-9-21(24)11-14/h2-4,6-7,14H,5,8-9,11,24H2,1H3,(H,19,23). The van der Waals surface area contributed by atoms with E-state index in [9.17, 15) is 10.1 Å². The molecule has 1 aliphatic heterocycles. The number of hydrogen-bond donors (Lipinski definition) is 1. The number of anilines is 1. The van der Waals surface area contributed by atoms with Crippen LogP contribution in [-0.4, -0.2) is 33.4 Å². The number of nitrogens with zero attached hydrogens (tertiary/aromatic N) is 4. The van der Waals surface area contributed by atoms with Gasteiger partial charge in [-0.05, 0) is 12.8 Å². The van der Waals surface area contributed by atoms with E-state index in [2.05, 4.69) is 25.4 Å². The normalized spacial score (nSPS) is 18.1. The van der Waals surface area contributed by atoms with Crippen LogP contribution in [0.1, 0.15) is 31.4 Å². The molecule has 3 rings (SSSR count). The average molecular weight is 341 g/mol. The molecule has 2 heterocycles. The molecule has 0 bridgehead atoms. The molecule has 2 aromatic rings. The third kappa shape index (κ3) is 3.33. The van der Waals surface area contributed by atoms with Gasteiger partial charge in [-0.1, -0.05) is 39.7 Å². The van der Waals surface area contributed by atoms with Gasteiger partial charge in [0, 0.05) is 25.6 Å². The Bertz CT molecular complexity index is 780. The number of amides is 1. The van der Waals surface area contributed by atoms with Gasteiger partial charge in [-0.25, -0.2) is 4.68 Å². The van der Waals surface area contributed by atoms with Crippen molar-refractivity contribution in [2.75, 3.05) is 18.4 Å². The van der Waals surface area contributed by atoms with E-state index in [0.29, 0.717) is 17.1 Å². The fourth-order valence-corrected chi connectivity index (χ4v) is 3.50. The van der Waals surface area contributed by atoms with Crippen LogP contribution in [0.2, 0.25) is 0 Å². The third-order valence-corrected chi connectivity index (χ3v) is 4.61. The van der Waals surface area contributed by atoms with Crippen LogP contribution in [0.25, 0.3) is 11.3 Å². The lowest BCUT2D eigenvalue weighted by Gasteiger charge is -2.30. The molecule has 1 N–H and O–H groups in total. The van der Waals surface area contributed by atoms with Crippen molar-refractivity contribution < 1.29 is 4.79 Å². The maximum atomic E-state index is 11.7. The number of nitriles is 1. The van der Waals surface area contributed by atoms with Crippen LogP contribution in [0.5, 0.6) is 0 Å². The summed E-state index contributed by atoms with van der Waals surface area (Å²) >= 11 is 0. The predicted molar refractivity (Wildman–Crippen MR) is 96.2 cm³/mol.